The number of para-hydroxylation sites is 1. The average molecular weight is 410 g/mol. The number of fused-ring (bicyclic) bond motifs is 1. The predicted octanol–water partition coefficient (Wildman–Crippen LogP) is 5.19. The van der Waals surface area contributed by atoms with Gasteiger partial charge in [0.25, 0.3) is 5.91 Å². The van der Waals surface area contributed by atoms with E-state index in [1.165, 1.54) is 22.5 Å². The smallest absolute Gasteiger partial charge is 0.252 e. The molecule has 2 heterocycles. The number of aryl methyl sites for hydroxylation is 2. The van der Waals surface area contributed by atoms with Crippen LogP contribution in [0.5, 0.6) is 0 Å². The number of nitrogens with one attached hydrogen (secondary N) is 1. The number of benzene rings is 2. The largest absolute Gasteiger partial charge is 0.364 e. The lowest BCUT2D eigenvalue weighted by Gasteiger charge is -2.03. The Labute approximate surface area is 171 Å². The van der Waals surface area contributed by atoms with Crippen molar-refractivity contribution in [2.75, 3.05) is 11.9 Å². The van der Waals surface area contributed by atoms with Gasteiger partial charge < -0.3 is 4.74 Å². The highest BCUT2D eigenvalue weighted by Gasteiger charge is 2.10. The van der Waals surface area contributed by atoms with Crippen molar-refractivity contribution in [2.45, 2.75) is 20.5 Å². The summed E-state index contributed by atoms with van der Waals surface area (Å²) in [7, 11) is 0. The Morgan fingerprint density at radius 1 is 1.11 bits per heavy atom. The van der Waals surface area contributed by atoms with Crippen LogP contribution in [0.3, 0.4) is 0 Å². The second kappa shape index (κ2) is 8.18. The van der Waals surface area contributed by atoms with E-state index in [-0.39, 0.29) is 12.5 Å². The highest BCUT2D eigenvalue weighted by Crippen LogP contribution is 2.26. The summed E-state index contributed by atoms with van der Waals surface area (Å²) in [6.45, 7) is 4.45. The molecule has 1 N–H and O–H groups in total. The minimum Gasteiger partial charge on any atom is -0.364 e. The maximum atomic E-state index is 12.1. The van der Waals surface area contributed by atoms with Crippen molar-refractivity contribution >= 4 is 43.9 Å². The summed E-state index contributed by atoms with van der Waals surface area (Å²) in [4.78, 5) is 21.1. The lowest BCUT2D eigenvalue weighted by molar-refractivity contribution is -0.121. The molecular formula is C21H19N3O2S2. The number of thiazole rings is 2. The Balaban J connectivity index is 1.31. The van der Waals surface area contributed by atoms with Crippen LogP contribution in [-0.4, -0.2) is 22.5 Å². The zero-order valence-electron chi connectivity index (χ0n) is 15.6. The molecule has 0 spiro atoms. The summed E-state index contributed by atoms with van der Waals surface area (Å²) in [6.07, 6.45) is 0. The number of carbonyl (C=O) groups excluding carboxylic acids is 1. The van der Waals surface area contributed by atoms with E-state index < -0.39 is 0 Å². The van der Waals surface area contributed by atoms with E-state index >= 15 is 0 Å². The summed E-state index contributed by atoms with van der Waals surface area (Å²) >= 11 is 2.98. The van der Waals surface area contributed by atoms with Gasteiger partial charge in [-0.15, -0.1) is 22.7 Å². The third-order valence-electron chi connectivity index (χ3n) is 4.35. The number of ether oxygens (including phenoxy) is 1. The van der Waals surface area contributed by atoms with Crippen LogP contribution in [0.2, 0.25) is 0 Å². The standard InChI is InChI=1S/C21H19N3O2S2/c1-13-7-8-15(9-14(13)2)17-12-27-21(23-17)24-19(25)10-26-11-20-22-16-5-3-4-6-18(16)28-20/h3-9,12H,10-11H2,1-2H3,(H,23,24,25). The van der Waals surface area contributed by atoms with Crippen molar-refractivity contribution in [1.82, 2.24) is 9.97 Å². The molecule has 7 heteroatoms. The summed E-state index contributed by atoms with van der Waals surface area (Å²) < 4.78 is 6.63. The van der Waals surface area contributed by atoms with E-state index in [1.54, 1.807) is 11.3 Å². The normalized spacial score (nSPS) is 11.1. The molecule has 4 rings (SSSR count). The third kappa shape index (κ3) is 4.27. The molecular weight excluding hydrogens is 390 g/mol. The van der Waals surface area contributed by atoms with Gasteiger partial charge in [0.2, 0.25) is 0 Å². The van der Waals surface area contributed by atoms with Crippen LogP contribution in [0.15, 0.2) is 47.8 Å². The number of hydrogen-bond acceptors (Lipinski definition) is 6. The van der Waals surface area contributed by atoms with Gasteiger partial charge >= 0.3 is 0 Å². The SMILES string of the molecule is Cc1ccc(-c2csc(NC(=O)COCc3nc4ccccc4s3)n2)cc1C. The van der Waals surface area contributed by atoms with Crippen LogP contribution in [-0.2, 0) is 16.1 Å². The molecule has 4 aromatic rings. The molecule has 0 radical (unpaired) electrons. The van der Waals surface area contributed by atoms with Crippen molar-refractivity contribution in [3.05, 3.63) is 64.0 Å². The molecule has 0 saturated heterocycles. The monoisotopic (exact) mass is 409 g/mol. The van der Waals surface area contributed by atoms with Gasteiger partial charge in [0, 0.05) is 10.9 Å². The van der Waals surface area contributed by atoms with Crippen molar-refractivity contribution in [3.63, 3.8) is 0 Å². The molecule has 0 fully saturated rings. The second-order valence-electron chi connectivity index (χ2n) is 6.45. The van der Waals surface area contributed by atoms with E-state index in [0.717, 1.165) is 26.5 Å². The number of carbonyl (C=O) groups is 1. The topological polar surface area (TPSA) is 64.1 Å². The van der Waals surface area contributed by atoms with Gasteiger partial charge in [-0.05, 0) is 43.2 Å². The number of aromatic nitrogens is 2. The molecule has 0 aliphatic carbocycles. The Bertz CT molecular complexity index is 1100. The zero-order chi connectivity index (χ0) is 19.5. The number of amides is 1. The fourth-order valence-electron chi connectivity index (χ4n) is 2.73. The first-order valence-corrected chi connectivity index (χ1v) is 10.5. The molecule has 0 atom stereocenters. The molecule has 1 amide bonds. The number of nitrogens with zero attached hydrogens (tertiary/aromatic N) is 2. The lowest BCUT2D eigenvalue weighted by Crippen LogP contribution is -2.18. The fourth-order valence-corrected chi connectivity index (χ4v) is 4.37. The van der Waals surface area contributed by atoms with Gasteiger partial charge in [-0.3, -0.25) is 10.1 Å². The molecule has 142 valence electrons. The first-order chi connectivity index (χ1) is 13.6. The van der Waals surface area contributed by atoms with E-state index in [0.29, 0.717) is 11.7 Å². The second-order valence-corrected chi connectivity index (χ2v) is 8.43. The molecule has 5 nitrogen and oxygen atoms in total. The Morgan fingerprint density at radius 3 is 2.79 bits per heavy atom. The molecule has 28 heavy (non-hydrogen) atoms. The van der Waals surface area contributed by atoms with Crippen LogP contribution >= 0.6 is 22.7 Å². The fraction of sp³-hybridized carbons (Fsp3) is 0.190. The summed E-state index contributed by atoms with van der Waals surface area (Å²) in [6, 6.07) is 14.2. The molecule has 0 bridgehead atoms. The Kier molecular flexibility index (Phi) is 5.47. The van der Waals surface area contributed by atoms with Gasteiger partial charge in [0.15, 0.2) is 5.13 Å². The first kappa shape index (κ1) is 18.7. The summed E-state index contributed by atoms with van der Waals surface area (Å²) in [5, 5.41) is 6.18. The molecule has 0 saturated carbocycles. The van der Waals surface area contributed by atoms with E-state index in [1.807, 2.05) is 35.7 Å². The lowest BCUT2D eigenvalue weighted by atomic mass is 10.1. The summed E-state index contributed by atoms with van der Waals surface area (Å²) in [5.74, 6) is -0.220. The molecule has 0 unspecified atom stereocenters. The Hall–Kier alpha value is -2.61. The number of rotatable bonds is 6. The van der Waals surface area contributed by atoms with Crippen LogP contribution in [0.1, 0.15) is 16.1 Å². The predicted molar refractivity (Wildman–Crippen MR) is 115 cm³/mol. The molecule has 0 aliphatic heterocycles. The van der Waals surface area contributed by atoms with Crippen molar-refractivity contribution in [1.29, 1.82) is 0 Å². The summed E-state index contributed by atoms with van der Waals surface area (Å²) in [5.41, 5.74) is 5.33. The Morgan fingerprint density at radius 2 is 1.96 bits per heavy atom. The third-order valence-corrected chi connectivity index (χ3v) is 6.12. The van der Waals surface area contributed by atoms with Crippen LogP contribution in [0.25, 0.3) is 21.5 Å². The van der Waals surface area contributed by atoms with Gasteiger partial charge in [0.1, 0.15) is 11.6 Å². The molecule has 0 aliphatic rings. The highest BCUT2D eigenvalue weighted by atomic mass is 32.1. The van der Waals surface area contributed by atoms with Crippen molar-refractivity contribution in [2.24, 2.45) is 0 Å². The van der Waals surface area contributed by atoms with Crippen molar-refractivity contribution in [3.8, 4) is 11.3 Å². The minimum absolute atomic E-state index is 0.0333. The zero-order valence-corrected chi connectivity index (χ0v) is 17.2. The molecule has 2 aromatic carbocycles. The van der Waals surface area contributed by atoms with E-state index in [9.17, 15) is 4.79 Å². The van der Waals surface area contributed by atoms with E-state index in [2.05, 4.69) is 41.3 Å². The minimum atomic E-state index is -0.220. The van der Waals surface area contributed by atoms with Gasteiger partial charge in [-0.2, -0.15) is 0 Å². The van der Waals surface area contributed by atoms with Gasteiger partial charge in [0.05, 0.1) is 22.5 Å². The average Bonchev–Trinajstić information content (AvgIpc) is 3.30. The van der Waals surface area contributed by atoms with Gasteiger partial charge in [-0.25, -0.2) is 9.97 Å². The van der Waals surface area contributed by atoms with Crippen molar-refractivity contribution < 1.29 is 9.53 Å². The van der Waals surface area contributed by atoms with Crippen LogP contribution in [0, 0.1) is 13.8 Å². The highest BCUT2D eigenvalue weighted by molar-refractivity contribution is 7.18. The van der Waals surface area contributed by atoms with Crippen LogP contribution < -0.4 is 5.32 Å². The number of hydrogen-bond donors (Lipinski definition) is 1. The maximum absolute atomic E-state index is 12.1. The first-order valence-electron chi connectivity index (χ1n) is 8.84. The number of anilines is 1. The quantitative estimate of drug-likeness (QED) is 0.476. The van der Waals surface area contributed by atoms with Gasteiger partial charge in [-0.1, -0.05) is 24.3 Å². The van der Waals surface area contributed by atoms with E-state index in [4.69, 9.17) is 4.74 Å². The van der Waals surface area contributed by atoms with Crippen LogP contribution in [0.4, 0.5) is 5.13 Å². The maximum Gasteiger partial charge on any atom is 0.252 e. The molecule has 2 aromatic heterocycles.